The molecule has 1 N–H and O–H groups in total. The van der Waals surface area contributed by atoms with Crippen molar-refractivity contribution < 1.29 is 14.2 Å². The highest BCUT2D eigenvalue weighted by Gasteiger charge is 2.14. The van der Waals surface area contributed by atoms with Crippen molar-refractivity contribution in [3.8, 4) is 11.5 Å². The largest absolute Gasteiger partial charge is 0.494 e. The first-order chi connectivity index (χ1) is 9.88. The Bertz CT molecular complexity index is 360. The molecule has 0 amide bonds. The molecule has 1 saturated heterocycles. The van der Waals surface area contributed by atoms with Crippen LogP contribution in [0.15, 0.2) is 24.3 Å². The zero-order valence-corrected chi connectivity index (χ0v) is 12.3. The van der Waals surface area contributed by atoms with Crippen LogP contribution in [0.4, 0.5) is 0 Å². The van der Waals surface area contributed by atoms with Crippen LogP contribution in [0.2, 0.25) is 0 Å². The van der Waals surface area contributed by atoms with Crippen LogP contribution in [0.3, 0.4) is 0 Å². The van der Waals surface area contributed by atoms with Crippen LogP contribution in [-0.4, -0.2) is 39.0 Å². The lowest BCUT2D eigenvalue weighted by molar-refractivity contribution is 0.109. The Labute approximate surface area is 121 Å². The number of rotatable bonds is 9. The molecule has 4 heteroatoms. The number of hydrogen-bond acceptors (Lipinski definition) is 4. The smallest absolute Gasteiger partial charge is 0.119 e. The van der Waals surface area contributed by atoms with Gasteiger partial charge in [0.1, 0.15) is 18.1 Å². The fraction of sp³-hybridized carbons (Fsp3) is 0.625. The monoisotopic (exact) mass is 279 g/mol. The lowest BCUT2D eigenvalue weighted by atomic mass is 10.2. The zero-order valence-electron chi connectivity index (χ0n) is 12.3. The minimum Gasteiger partial charge on any atom is -0.494 e. The minimum atomic E-state index is 0.394. The molecule has 4 nitrogen and oxygen atoms in total. The Balaban J connectivity index is 1.56. The molecule has 0 spiro atoms. The normalized spacial score (nSPS) is 18.1. The Morgan fingerprint density at radius 2 is 1.85 bits per heavy atom. The molecule has 2 rings (SSSR count). The van der Waals surface area contributed by atoms with Crippen LogP contribution >= 0.6 is 0 Å². The molecule has 1 fully saturated rings. The fourth-order valence-corrected chi connectivity index (χ4v) is 2.16. The van der Waals surface area contributed by atoms with Gasteiger partial charge < -0.3 is 19.5 Å². The maximum absolute atomic E-state index is 5.67. The maximum atomic E-state index is 5.67. The van der Waals surface area contributed by atoms with Crippen LogP contribution in [0.5, 0.6) is 11.5 Å². The van der Waals surface area contributed by atoms with E-state index in [1.807, 2.05) is 24.3 Å². The molecule has 0 aliphatic carbocycles. The van der Waals surface area contributed by atoms with Gasteiger partial charge in [0.05, 0.1) is 12.7 Å². The van der Waals surface area contributed by atoms with E-state index in [9.17, 15) is 0 Å². The van der Waals surface area contributed by atoms with Crippen LogP contribution in [0, 0.1) is 0 Å². The predicted octanol–water partition coefficient (Wildman–Crippen LogP) is 2.62. The van der Waals surface area contributed by atoms with E-state index >= 15 is 0 Å². The summed E-state index contributed by atoms with van der Waals surface area (Å²) in [5.74, 6) is 1.78. The SMILES string of the molecule is CCCOc1ccc(OCCNCC2CCCO2)cc1. The summed E-state index contributed by atoms with van der Waals surface area (Å²) in [4.78, 5) is 0. The summed E-state index contributed by atoms with van der Waals surface area (Å²) in [7, 11) is 0. The van der Waals surface area contributed by atoms with E-state index in [0.717, 1.165) is 44.2 Å². The van der Waals surface area contributed by atoms with Gasteiger partial charge in [0.2, 0.25) is 0 Å². The Morgan fingerprint density at radius 3 is 2.45 bits per heavy atom. The van der Waals surface area contributed by atoms with E-state index in [4.69, 9.17) is 14.2 Å². The number of benzene rings is 1. The predicted molar refractivity (Wildman–Crippen MR) is 79.6 cm³/mol. The highest BCUT2D eigenvalue weighted by molar-refractivity contribution is 5.31. The first-order valence-electron chi connectivity index (χ1n) is 7.56. The third kappa shape index (κ3) is 5.39. The summed E-state index contributed by atoms with van der Waals surface area (Å²) < 4.78 is 16.7. The van der Waals surface area contributed by atoms with E-state index in [1.54, 1.807) is 0 Å². The van der Waals surface area contributed by atoms with Crippen molar-refractivity contribution >= 4 is 0 Å². The lowest BCUT2D eigenvalue weighted by Crippen LogP contribution is -2.29. The lowest BCUT2D eigenvalue weighted by Gasteiger charge is -2.11. The molecule has 112 valence electrons. The molecule has 0 aromatic heterocycles. The second kappa shape index (κ2) is 8.82. The first kappa shape index (κ1) is 15.1. The molecule has 0 saturated carbocycles. The summed E-state index contributed by atoms with van der Waals surface area (Å²) in [6, 6.07) is 7.80. The van der Waals surface area contributed by atoms with E-state index in [0.29, 0.717) is 12.7 Å². The molecule has 1 aliphatic heterocycles. The highest BCUT2D eigenvalue weighted by atomic mass is 16.5. The van der Waals surface area contributed by atoms with Crippen molar-refractivity contribution in [3.63, 3.8) is 0 Å². The topological polar surface area (TPSA) is 39.7 Å². The van der Waals surface area contributed by atoms with Crippen molar-refractivity contribution in [1.82, 2.24) is 5.32 Å². The minimum absolute atomic E-state index is 0.394. The summed E-state index contributed by atoms with van der Waals surface area (Å²) in [5, 5.41) is 3.36. The van der Waals surface area contributed by atoms with Crippen LogP contribution in [0.25, 0.3) is 0 Å². The van der Waals surface area contributed by atoms with E-state index < -0.39 is 0 Å². The second-order valence-corrected chi connectivity index (χ2v) is 5.01. The number of nitrogens with one attached hydrogen (secondary N) is 1. The Kier molecular flexibility index (Phi) is 6.68. The molecule has 1 aromatic carbocycles. The van der Waals surface area contributed by atoms with Gasteiger partial charge in [0.25, 0.3) is 0 Å². The molecule has 1 unspecified atom stereocenters. The number of hydrogen-bond donors (Lipinski definition) is 1. The number of ether oxygens (including phenoxy) is 3. The molecule has 1 aliphatic rings. The van der Waals surface area contributed by atoms with Gasteiger partial charge in [-0.25, -0.2) is 0 Å². The highest BCUT2D eigenvalue weighted by Crippen LogP contribution is 2.17. The quantitative estimate of drug-likeness (QED) is 0.705. The zero-order chi connectivity index (χ0) is 14.0. The van der Waals surface area contributed by atoms with E-state index in [2.05, 4.69) is 12.2 Å². The maximum Gasteiger partial charge on any atom is 0.119 e. The van der Waals surface area contributed by atoms with Crippen LogP contribution in [0.1, 0.15) is 26.2 Å². The standard InChI is InChI=1S/C16H25NO3/c1-2-10-18-14-5-7-15(8-6-14)20-12-9-17-13-16-4-3-11-19-16/h5-8,16-17H,2-4,9-13H2,1H3. The molecule has 0 radical (unpaired) electrons. The molecule has 0 bridgehead atoms. The average Bonchev–Trinajstić information content (AvgIpc) is 2.99. The molecule has 1 heterocycles. The first-order valence-corrected chi connectivity index (χ1v) is 7.56. The van der Waals surface area contributed by atoms with Crippen molar-refractivity contribution in [2.45, 2.75) is 32.3 Å². The molecular weight excluding hydrogens is 254 g/mol. The van der Waals surface area contributed by atoms with E-state index in [1.165, 1.54) is 12.8 Å². The van der Waals surface area contributed by atoms with Gasteiger partial charge in [-0.2, -0.15) is 0 Å². The van der Waals surface area contributed by atoms with Crippen molar-refractivity contribution in [2.24, 2.45) is 0 Å². The third-order valence-corrected chi connectivity index (χ3v) is 3.24. The van der Waals surface area contributed by atoms with Gasteiger partial charge in [-0.3, -0.25) is 0 Å². The van der Waals surface area contributed by atoms with Crippen LogP contribution in [-0.2, 0) is 4.74 Å². The average molecular weight is 279 g/mol. The third-order valence-electron chi connectivity index (χ3n) is 3.24. The fourth-order valence-electron chi connectivity index (χ4n) is 2.16. The van der Waals surface area contributed by atoms with Gasteiger partial charge in [0.15, 0.2) is 0 Å². The summed E-state index contributed by atoms with van der Waals surface area (Å²) in [6.07, 6.45) is 3.78. The van der Waals surface area contributed by atoms with Crippen molar-refractivity contribution in [2.75, 3.05) is 32.9 Å². The van der Waals surface area contributed by atoms with Gasteiger partial charge in [-0.1, -0.05) is 6.92 Å². The van der Waals surface area contributed by atoms with Crippen LogP contribution < -0.4 is 14.8 Å². The van der Waals surface area contributed by atoms with Gasteiger partial charge in [0, 0.05) is 19.7 Å². The van der Waals surface area contributed by atoms with Gasteiger partial charge in [-0.15, -0.1) is 0 Å². The molecule has 1 atom stereocenters. The second-order valence-electron chi connectivity index (χ2n) is 5.01. The molecular formula is C16H25NO3. The van der Waals surface area contributed by atoms with Gasteiger partial charge >= 0.3 is 0 Å². The summed E-state index contributed by atoms with van der Waals surface area (Å²) in [5.41, 5.74) is 0. The van der Waals surface area contributed by atoms with Crippen molar-refractivity contribution in [3.05, 3.63) is 24.3 Å². The van der Waals surface area contributed by atoms with Crippen molar-refractivity contribution in [1.29, 1.82) is 0 Å². The summed E-state index contributed by atoms with van der Waals surface area (Å²) in [6.45, 7) is 6.20. The summed E-state index contributed by atoms with van der Waals surface area (Å²) >= 11 is 0. The molecule has 1 aromatic rings. The van der Waals surface area contributed by atoms with E-state index in [-0.39, 0.29) is 0 Å². The Hall–Kier alpha value is -1.26. The Morgan fingerprint density at radius 1 is 1.15 bits per heavy atom. The van der Waals surface area contributed by atoms with Gasteiger partial charge in [-0.05, 0) is 43.5 Å². The molecule has 20 heavy (non-hydrogen) atoms.